The summed E-state index contributed by atoms with van der Waals surface area (Å²) >= 11 is 0. The van der Waals surface area contributed by atoms with E-state index in [9.17, 15) is 35.1 Å². The van der Waals surface area contributed by atoms with Gasteiger partial charge >= 0.3 is 6.16 Å². The fraction of sp³-hybridized carbons (Fsp3) is 0.133. The van der Waals surface area contributed by atoms with E-state index in [4.69, 9.17) is 9.47 Å². The van der Waals surface area contributed by atoms with E-state index in [1.165, 1.54) is 6.92 Å². The number of carbonyl (C=O) groups excluding carboxylic acids is 1. The Hall–Kier alpha value is -4.29. The SMILES string of the molecule is CC(O[N+](=O)[O-])c1cc([N+](=O)[O-])ccc1OC(=O)Oc1ccc([N+](=O)[O-])cc1. The van der Waals surface area contributed by atoms with Gasteiger partial charge in [0, 0.05) is 29.8 Å². The van der Waals surface area contributed by atoms with Gasteiger partial charge in [-0.05, 0) is 25.1 Å². The smallest absolute Gasteiger partial charge is 0.395 e. The number of hydrogen-bond donors (Lipinski definition) is 0. The van der Waals surface area contributed by atoms with Crippen molar-refractivity contribution in [1.29, 1.82) is 0 Å². The number of carbonyl (C=O) groups is 1. The topological polar surface area (TPSA) is 174 Å². The van der Waals surface area contributed by atoms with Crippen molar-refractivity contribution in [2.45, 2.75) is 13.0 Å². The van der Waals surface area contributed by atoms with E-state index in [0.29, 0.717) is 0 Å². The Bertz CT molecular complexity index is 928. The minimum Gasteiger partial charge on any atom is -0.395 e. The third kappa shape index (κ3) is 5.10. The molecule has 2 rings (SSSR count). The standard InChI is InChI=1S/C15H11N3O10/c1-9(28-18(24)25)13-8-11(17(22)23)4-7-14(13)27-15(19)26-12-5-2-10(3-6-12)16(20)21/h2-9H,1H3. The molecule has 0 amide bonds. The van der Waals surface area contributed by atoms with Crippen molar-refractivity contribution in [2.75, 3.05) is 0 Å². The number of nitrogens with zero attached hydrogens (tertiary/aromatic N) is 3. The molecule has 13 nitrogen and oxygen atoms in total. The quantitative estimate of drug-likeness (QED) is 0.293. The molecule has 2 aromatic rings. The molecule has 0 aliphatic rings. The van der Waals surface area contributed by atoms with Crippen LogP contribution in [0.4, 0.5) is 16.2 Å². The van der Waals surface area contributed by atoms with Crippen LogP contribution in [0.25, 0.3) is 0 Å². The summed E-state index contributed by atoms with van der Waals surface area (Å²) in [6.07, 6.45) is -2.55. The number of ether oxygens (including phenoxy) is 2. The van der Waals surface area contributed by atoms with Gasteiger partial charge in [0.1, 0.15) is 17.6 Å². The normalized spacial score (nSPS) is 11.2. The lowest BCUT2D eigenvalue weighted by Gasteiger charge is -2.14. The average molecular weight is 393 g/mol. The second-order valence-corrected chi connectivity index (χ2v) is 5.16. The molecule has 146 valence electrons. The van der Waals surface area contributed by atoms with Gasteiger partial charge in [-0.3, -0.25) is 20.2 Å². The molecule has 0 aliphatic heterocycles. The summed E-state index contributed by atoms with van der Waals surface area (Å²) in [5.41, 5.74) is -0.749. The molecule has 0 radical (unpaired) electrons. The van der Waals surface area contributed by atoms with Crippen molar-refractivity contribution < 1.29 is 34.0 Å². The molecule has 0 aliphatic carbocycles. The summed E-state index contributed by atoms with van der Waals surface area (Å²) in [6.45, 7) is 1.23. The Labute approximate surface area is 155 Å². The zero-order valence-corrected chi connectivity index (χ0v) is 14.0. The molecule has 13 heteroatoms. The lowest BCUT2D eigenvalue weighted by molar-refractivity contribution is -0.770. The second-order valence-electron chi connectivity index (χ2n) is 5.16. The van der Waals surface area contributed by atoms with Crippen LogP contribution >= 0.6 is 0 Å². The Kier molecular flexibility index (Phi) is 6.00. The number of non-ortho nitro benzene ring substituents is 2. The van der Waals surface area contributed by atoms with Crippen molar-refractivity contribution in [2.24, 2.45) is 0 Å². The van der Waals surface area contributed by atoms with Gasteiger partial charge in [0.2, 0.25) is 0 Å². The first-order chi connectivity index (χ1) is 13.2. The van der Waals surface area contributed by atoms with Gasteiger partial charge in [0.25, 0.3) is 16.5 Å². The van der Waals surface area contributed by atoms with Crippen LogP contribution in [-0.2, 0) is 4.84 Å². The average Bonchev–Trinajstić information content (AvgIpc) is 2.61. The fourth-order valence-corrected chi connectivity index (χ4v) is 2.09. The molecular weight excluding hydrogens is 382 g/mol. The first-order valence-corrected chi connectivity index (χ1v) is 7.41. The van der Waals surface area contributed by atoms with E-state index < -0.39 is 32.9 Å². The Morgan fingerprint density at radius 2 is 1.46 bits per heavy atom. The Balaban J connectivity index is 2.21. The predicted octanol–water partition coefficient (Wildman–Crippen LogP) is 3.35. The van der Waals surface area contributed by atoms with Gasteiger partial charge in [-0.1, -0.05) is 0 Å². The first-order valence-electron chi connectivity index (χ1n) is 7.41. The molecule has 0 spiro atoms. The van der Waals surface area contributed by atoms with Gasteiger partial charge in [-0.15, -0.1) is 10.1 Å². The van der Waals surface area contributed by atoms with Crippen molar-refractivity contribution in [3.8, 4) is 11.5 Å². The summed E-state index contributed by atoms with van der Waals surface area (Å²) in [7, 11) is 0. The summed E-state index contributed by atoms with van der Waals surface area (Å²) < 4.78 is 9.80. The molecule has 1 atom stereocenters. The van der Waals surface area contributed by atoms with Crippen LogP contribution < -0.4 is 9.47 Å². The molecule has 0 fully saturated rings. The number of rotatable bonds is 7. The Morgan fingerprint density at radius 3 is 2.00 bits per heavy atom. The van der Waals surface area contributed by atoms with E-state index in [1.807, 2.05) is 0 Å². The van der Waals surface area contributed by atoms with E-state index in [-0.39, 0.29) is 22.7 Å². The number of hydrogen-bond acceptors (Lipinski definition) is 10. The first kappa shape index (κ1) is 20.0. The highest BCUT2D eigenvalue weighted by molar-refractivity contribution is 5.68. The molecule has 28 heavy (non-hydrogen) atoms. The number of nitro groups is 2. The lowest BCUT2D eigenvalue weighted by Crippen LogP contribution is -2.16. The zero-order chi connectivity index (χ0) is 20.8. The number of benzene rings is 2. The van der Waals surface area contributed by atoms with Crippen molar-refractivity contribution >= 4 is 17.5 Å². The molecule has 0 heterocycles. The molecule has 0 bridgehead atoms. The summed E-state index contributed by atoms with van der Waals surface area (Å²) in [5.74, 6) is -0.319. The van der Waals surface area contributed by atoms with Gasteiger partial charge < -0.3 is 14.3 Å². The molecule has 1 unspecified atom stereocenters. The minimum absolute atomic E-state index is 0.0614. The highest BCUT2D eigenvalue weighted by Crippen LogP contribution is 2.32. The van der Waals surface area contributed by atoms with E-state index >= 15 is 0 Å². The van der Waals surface area contributed by atoms with Crippen LogP contribution in [0.3, 0.4) is 0 Å². The second kappa shape index (κ2) is 8.39. The van der Waals surface area contributed by atoms with Gasteiger partial charge in [-0.2, -0.15) is 0 Å². The van der Waals surface area contributed by atoms with Crippen molar-refractivity contribution in [3.05, 3.63) is 78.4 Å². The van der Waals surface area contributed by atoms with Crippen molar-refractivity contribution in [3.63, 3.8) is 0 Å². The molecule has 0 saturated heterocycles. The van der Waals surface area contributed by atoms with E-state index in [0.717, 1.165) is 42.5 Å². The summed E-state index contributed by atoms with van der Waals surface area (Å²) in [6, 6.07) is 7.58. The molecular formula is C15H11N3O10. The lowest BCUT2D eigenvalue weighted by atomic mass is 10.1. The zero-order valence-electron chi connectivity index (χ0n) is 14.0. The molecule has 2 aromatic carbocycles. The van der Waals surface area contributed by atoms with Crippen molar-refractivity contribution in [1.82, 2.24) is 0 Å². The highest BCUT2D eigenvalue weighted by Gasteiger charge is 2.22. The molecule has 0 aromatic heterocycles. The molecule has 0 N–H and O–H groups in total. The maximum atomic E-state index is 11.9. The third-order valence-electron chi connectivity index (χ3n) is 3.33. The number of nitro benzene ring substituents is 2. The highest BCUT2D eigenvalue weighted by atomic mass is 17.0. The van der Waals surface area contributed by atoms with Gasteiger partial charge in [0.15, 0.2) is 0 Å². The Morgan fingerprint density at radius 1 is 0.893 bits per heavy atom. The third-order valence-corrected chi connectivity index (χ3v) is 3.33. The van der Waals surface area contributed by atoms with Gasteiger partial charge in [-0.25, -0.2) is 4.79 Å². The fourth-order valence-electron chi connectivity index (χ4n) is 2.09. The monoisotopic (exact) mass is 393 g/mol. The molecule has 0 saturated carbocycles. The maximum Gasteiger partial charge on any atom is 0.519 e. The van der Waals surface area contributed by atoms with E-state index in [1.54, 1.807) is 0 Å². The largest absolute Gasteiger partial charge is 0.519 e. The summed E-state index contributed by atoms with van der Waals surface area (Å²) in [4.78, 5) is 46.9. The van der Waals surface area contributed by atoms with E-state index in [2.05, 4.69) is 4.84 Å². The summed E-state index contributed by atoms with van der Waals surface area (Å²) in [5, 5.41) is 30.9. The van der Waals surface area contributed by atoms with Crippen LogP contribution in [0.1, 0.15) is 18.6 Å². The maximum absolute atomic E-state index is 11.9. The van der Waals surface area contributed by atoms with Crippen LogP contribution in [0.2, 0.25) is 0 Å². The minimum atomic E-state index is -1.28. The predicted molar refractivity (Wildman–Crippen MR) is 89.3 cm³/mol. The van der Waals surface area contributed by atoms with Crippen LogP contribution in [0.5, 0.6) is 11.5 Å². The van der Waals surface area contributed by atoms with Crippen LogP contribution in [0, 0.1) is 30.3 Å². The van der Waals surface area contributed by atoms with Crippen LogP contribution in [0.15, 0.2) is 42.5 Å². The van der Waals surface area contributed by atoms with Gasteiger partial charge in [0.05, 0.1) is 9.85 Å². The van der Waals surface area contributed by atoms with Crippen LogP contribution in [-0.4, -0.2) is 21.1 Å².